The lowest BCUT2D eigenvalue weighted by molar-refractivity contribution is 0.669. The highest BCUT2D eigenvalue weighted by atomic mass is 16.3. The van der Waals surface area contributed by atoms with Gasteiger partial charge in [0.1, 0.15) is 16.7 Å². The zero-order chi connectivity index (χ0) is 23.4. The second-order valence-electron chi connectivity index (χ2n) is 9.47. The average molecular weight is 460 g/mol. The van der Waals surface area contributed by atoms with Crippen LogP contribution < -0.4 is 0 Å². The third kappa shape index (κ3) is 2.24. The van der Waals surface area contributed by atoms with E-state index < -0.39 is 0 Å². The van der Waals surface area contributed by atoms with Crippen molar-refractivity contribution < 1.29 is 4.42 Å². The number of benzene rings is 5. The van der Waals surface area contributed by atoms with Crippen molar-refractivity contribution >= 4 is 71.3 Å². The van der Waals surface area contributed by atoms with Gasteiger partial charge in [-0.25, -0.2) is 9.97 Å². The molecule has 0 amide bonds. The highest BCUT2D eigenvalue weighted by Gasteiger charge is 2.21. The fourth-order valence-corrected chi connectivity index (χ4v) is 5.89. The molecule has 4 nitrogen and oxygen atoms in total. The Kier molecular flexibility index (Phi) is 3.25. The van der Waals surface area contributed by atoms with E-state index in [0.29, 0.717) is 0 Å². The summed E-state index contributed by atoms with van der Waals surface area (Å²) >= 11 is 0. The first-order valence-corrected chi connectivity index (χ1v) is 12.1. The normalized spacial score (nSPS) is 12.4. The van der Waals surface area contributed by atoms with E-state index in [-0.39, 0.29) is 0 Å². The van der Waals surface area contributed by atoms with Crippen LogP contribution in [0.15, 0.2) is 108 Å². The molecule has 0 aliphatic heterocycles. The smallest absolute Gasteiger partial charge is 0.165 e. The second-order valence-corrected chi connectivity index (χ2v) is 9.47. The fourth-order valence-electron chi connectivity index (χ4n) is 5.89. The minimum absolute atomic E-state index is 0.890. The predicted molar refractivity (Wildman–Crippen MR) is 147 cm³/mol. The number of furan rings is 1. The molecule has 9 aromatic rings. The van der Waals surface area contributed by atoms with Crippen molar-refractivity contribution in [2.45, 2.75) is 0 Å². The van der Waals surface area contributed by atoms with Crippen molar-refractivity contribution in [1.82, 2.24) is 14.4 Å². The Bertz CT molecular complexity index is 2310. The van der Waals surface area contributed by atoms with Gasteiger partial charge in [0.15, 0.2) is 5.65 Å². The molecule has 36 heavy (non-hydrogen) atoms. The number of fused-ring (bicyclic) bond motifs is 10. The summed E-state index contributed by atoms with van der Waals surface area (Å²) in [5, 5.41) is 5.74. The predicted octanol–water partition coefficient (Wildman–Crippen LogP) is 8.35. The molecule has 0 atom stereocenters. The summed E-state index contributed by atoms with van der Waals surface area (Å²) in [7, 11) is 0. The molecule has 4 heterocycles. The van der Waals surface area contributed by atoms with Crippen LogP contribution in [0.4, 0.5) is 0 Å². The number of rotatable bonds is 1. The Labute approximate surface area is 204 Å². The van der Waals surface area contributed by atoms with Crippen LogP contribution in [0.5, 0.6) is 0 Å². The molecule has 0 saturated carbocycles. The zero-order valence-corrected chi connectivity index (χ0v) is 19.1. The van der Waals surface area contributed by atoms with Gasteiger partial charge in [0.05, 0.1) is 22.1 Å². The molecule has 0 N–H and O–H groups in total. The van der Waals surface area contributed by atoms with Crippen molar-refractivity contribution in [3.8, 4) is 11.1 Å². The van der Waals surface area contributed by atoms with Gasteiger partial charge in [-0.2, -0.15) is 0 Å². The minimum Gasteiger partial charge on any atom is -0.456 e. The Morgan fingerprint density at radius 1 is 0.528 bits per heavy atom. The van der Waals surface area contributed by atoms with Crippen LogP contribution in [0.25, 0.3) is 82.5 Å². The minimum atomic E-state index is 0.890. The number of hydrogen-bond donors (Lipinski definition) is 0. The average Bonchev–Trinajstić information content (AvgIpc) is 3.57. The lowest BCUT2D eigenvalue weighted by Gasteiger charge is -2.04. The van der Waals surface area contributed by atoms with Crippen molar-refractivity contribution in [2.75, 3.05) is 0 Å². The van der Waals surface area contributed by atoms with Gasteiger partial charge in [-0.1, -0.05) is 72.8 Å². The van der Waals surface area contributed by atoms with Crippen molar-refractivity contribution in [3.63, 3.8) is 0 Å². The number of aromatic nitrogens is 3. The van der Waals surface area contributed by atoms with Crippen LogP contribution in [0.1, 0.15) is 0 Å². The topological polar surface area (TPSA) is 43.3 Å². The van der Waals surface area contributed by atoms with Crippen LogP contribution in [-0.4, -0.2) is 14.4 Å². The summed E-state index contributed by atoms with van der Waals surface area (Å²) in [4.78, 5) is 10.3. The van der Waals surface area contributed by atoms with Crippen LogP contribution in [0, 0.1) is 0 Å². The van der Waals surface area contributed by atoms with Gasteiger partial charge in [-0.15, -0.1) is 0 Å². The van der Waals surface area contributed by atoms with Gasteiger partial charge in [0, 0.05) is 26.9 Å². The highest BCUT2D eigenvalue weighted by molar-refractivity contribution is 6.24. The number of nitrogens with zero attached hydrogens (tertiary/aromatic N) is 3. The Morgan fingerprint density at radius 2 is 1.36 bits per heavy atom. The molecule has 9 rings (SSSR count). The summed E-state index contributed by atoms with van der Waals surface area (Å²) in [6, 6.07) is 35.9. The van der Waals surface area contributed by atoms with Crippen molar-refractivity contribution in [1.29, 1.82) is 0 Å². The van der Waals surface area contributed by atoms with Gasteiger partial charge < -0.3 is 4.42 Å². The number of para-hydroxylation sites is 2. The molecule has 0 saturated heterocycles. The summed E-state index contributed by atoms with van der Waals surface area (Å²) in [6.07, 6.45) is 0. The zero-order valence-electron chi connectivity index (χ0n) is 19.1. The first-order valence-electron chi connectivity index (χ1n) is 12.1. The van der Waals surface area contributed by atoms with E-state index in [0.717, 1.165) is 66.1 Å². The maximum atomic E-state index is 6.21. The molecule has 0 aliphatic carbocycles. The molecule has 166 valence electrons. The maximum absolute atomic E-state index is 6.21. The number of hydrogen-bond acceptors (Lipinski definition) is 3. The van der Waals surface area contributed by atoms with E-state index in [4.69, 9.17) is 14.4 Å². The van der Waals surface area contributed by atoms with Gasteiger partial charge >= 0.3 is 0 Å². The van der Waals surface area contributed by atoms with E-state index in [2.05, 4.69) is 89.3 Å². The van der Waals surface area contributed by atoms with E-state index in [1.165, 1.54) is 16.3 Å². The molecule has 0 fully saturated rings. The maximum Gasteiger partial charge on any atom is 0.165 e. The molecule has 0 unspecified atom stereocenters. The van der Waals surface area contributed by atoms with Crippen LogP contribution in [-0.2, 0) is 0 Å². The fraction of sp³-hybridized carbons (Fsp3) is 0. The van der Waals surface area contributed by atoms with Crippen molar-refractivity contribution in [3.05, 3.63) is 103 Å². The van der Waals surface area contributed by atoms with E-state index in [1.54, 1.807) is 0 Å². The van der Waals surface area contributed by atoms with E-state index in [1.807, 2.05) is 18.2 Å². The molecule has 4 heteroatoms. The highest BCUT2D eigenvalue weighted by Crippen LogP contribution is 2.41. The summed E-state index contributed by atoms with van der Waals surface area (Å²) in [5.41, 5.74) is 10.1. The van der Waals surface area contributed by atoms with Gasteiger partial charge in [0.2, 0.25) is 0 Å². The summed E-state index contributed by atoms with van der Waals surface area (Å²) in [6.45, 7) is 0. The first kappa shape index (κ1) is 18.4. The van der Waals surface area contributed by atoms with Crippen LogP contribution in [0.2, 0.25) is 0 Å². The molecule has 0 radical (unpaired) electrons. The first-order chi connectivity index (χ1) is 17.8. The molecule has 0 bridgehead atoms. The van der Waals surface area contributed by atoms with Gasteiger partial charge in [-0.05, 0) is 41.5 Å². The standard InChI is InChI=1S/C32H17N3O/c1-2-7-18(8-3-1)19-13-14-25-26(15-19)34-32-30(33-25)22-11-6-10-21-23-17-29-24(16-27(23)35(32)31(21)22)20-9-4-5-12-28(20)36-29/h1-17H. The van der Waals surface area contributed by atoms with E-state index in [9.17, 15) is 0 Å². The second kappa shape index (κ2) is 6.37. The van der Waals surface area contributed by atoms with Gasteiger partial charge in [0.25, 0.3) is 0 Å². The van der Waals surface area contributed by atoms with E-state index >= 15 is 0 Å². The largest absolute Gasteiger partial charge is 0.456 e. The third-order valence-electron chi connectivity index (χ3n) is 7.51. The molecule has 0 spiro atoms. The van der Waals surface area contributed by atoms with Crippen LogP contribution in [0.3, 0.4) is 0 Å². The van der Waals surface area contributed by atoms with Gasteiger partial charge in [-0.3, -0.25) is 4.40 Å². The molecular weight excluding hydrogens is 442 g/mol. The quantitative estimate of drug-likeness (QED) is 0.248. The Morgan fingerprint density at radius 3 is 2.31 bits per heavy atom. The SMILES string of the molecule is c1ccc(-c2ccc3nc4c5cccc6c7cc8oc9ccccc9c8cc7n(c4nc3c2)c65)cc1. The van der Waals surface area contributed by atoms with Crippen molar-refractivity contribution in [2.24, 2.45) is 0 Å². The molecule has 5 aromatic carbocycles. The van der Waals surface area contributed by atoms with Crippen LogP contribution >= 0.6 is 0 Å². The molecule has 4 aromatic heterocycles. The summed E-state index contributed by atoms with van der Waals surface area (Å²) in [5.74, 6) is 0. The molecular formula is C32H17N3O. The lowest BCUT2D eigenvalue weighted by atomic mass is 10.1. The summed E-state index contributed by atoms with van der Waals surface area (Å²) < 4.78 is 8.50. The Hall–Kier alpha value is -4.96. The molecule has 0 aliphatic rings. The Balaban J connectivity index is 1.45. The lowest BCUT2D eigenvalue weighted by Crippen LogP contribution is -1.90. The monoisotopic (exact) mass is 459 g/mol. The third-order valence-corrected chi connectivity index (χ3v) is 7.51.